The van der Waals surface area contributed by atoms with E-state index >= 15 is 0 Å². The van der Waals surface area contributed by atoms with Crippen LogP contribution in [0, 0.1) is 0 Å². The highest BCUT2D eigenvalue weighted by molar-refractivity contribution is 5.85. The highest BCUT2D eigenvalue weighted by atomic mass is 16.5. The van der Waals surface area contributed by atoms with Gasteiger partial charge in [-0.25, -0.2) is 0 Å². The monoisotopic (exact) mass is 372 g/mol. The van der Waals surface area contributed by atoms with Gasteiger partial charge in [-0.1, -0.05) is 6.07 Å². The Balaban J connectivity index is 2.13. The average molecular weight is 372 g/mol. The van der Waals surface area contributed by atoms with Crippen LogP contribution in [-0.2, 0) is 9.53 Å². The van der Waals surface area contributed by atoms with Crippen molar-refractivity contribution in [1.29, 1.82) is 0 Å². The smallest absolute Gasteiger partial charge is 0.317 e. The van der Waals surface area contributed by atoms with Gasteiger partial charge < -0.3 is 23.7 Å². The molecule has 0 saturated carbocycles. The Labute approximate surface area is 156 Å². The summed E-state index contributed by atoms with van der Waals surface area (Å²) in [5.41, 5.74) is 1.63. The first-order chi connectivity index (χ1) is 13.1. The quantitative estimate of drug-likeness (QED) is 0.570. The Hall–Kier alpha value is -3.22. The lowest BCUT2D eigenvalue weighted by atomic mass is 9.90. The lowest BCUT2D eigenvalue weighted by Gasteiger charge is -2.19. The van der Waals surface area contributed by atoms with Crippen LogP contribution in [0.5, 0.6) is 23.0 Å². The van der Waals surface area contributed by atoms with Gasteiger partial charge in [0, 0.05) is 11.1 Å². The molecule has 0 spiro atoms. The SMILES string of the molecule is COC(=O)[C@@H]1c2cc(C=O)cc(OC)c2O[C@H]1c1ccc(OC)c(OC)c1. The zero-order valence-corrected chi connectivity index (χ0v) is 15.5. The minimum Gasteiger partial charge on any atom is -0.493 e. The molecule has 7 nitrogen and oxygen atoms in total. The summed E-state index contributed by atoms with van der Waals surface area (Å²) < 4.78 is 27.0. The van der Waals surface area contributed by atoms with Gasteiger partial charge in [0.2, 0.25) is 0 Å². The van der Waals surface area contributed by atoms with Gasteiger partial charge in [0.05, 0.1) is 28.4 Å². The number of esters is 1. The van der Waals surface area contributed by atoms with Crippen molar-refractivity contribution in [2.75, 3.05) is 28.4 Å². The molecule has 27 heavy (non-hydrogen) atoms. The van der Waals surface area contributed by atoms with E-state index in [2.05, 4.69) is 0 Å². The molecule has 0 saturated heterocycles. The number of fused-ring (bicyclic) bond motifs is 1. The van der Waals surface area contributed by atoms with Crippen molar-refractivity contribution in [3.05, 3.63) is 47.0 Å². The van der Waals surface area contributed by atoms with Crippen molar-refractivity contribution in [2.24, 2.45) is 0 Å². The summed E-state index contributed by atoms with van der Waals surface area (Å²) in [5, 5.41) is 0. The zero-order chi connectivity index (χ0) is 19.6. The van der Waals surface area contributed by atoms with Gasteiger partial charge in [-0.15, -0.1) is 0 Å². The Kier molecular flexibility index (Phi) is 5.21. The summed E-state index contributed by atoms with van der Waals surface area (Å²) in [6.45, 7) is 0. The van der Waals surface area contributed by atoms with Crippen molar-refractivity contribution in [2.45, 2.75) is 12.0 Å². The molecule has 1 heterocycles. The zero-order valence-electron chi connectivity index (χ0n) is 15.5. The molecule has 0 radical (unpaired) electrons. The average Bonchev–Trinajstić information content (AvgIpc) is 3.11. The second-order valence-corrected chi connectivity index (χ2v) is 5.91. The van der Waals surface area contributed by atoms with Crippen LogP contribution in [0.3, 0.4) is 0 Å². The Morgan fingerprint density at radius 1 is 0.963 bits per heavy atom. The number of rotatable bonds is 6. The molecule has 0 amide bonds. The first-order valence-corrected chi connectivity index (χ1v) is 8.21. The number of benzene rings is 2. The van der Waals surface area contributed by atoms with Crippen molar-refractivity contribution in [1.82, 2.24) is 0 Å². The number of ether oxygens (including phenoxy) is 5. The maximum Gasteiger partial charge on any atom is 0.317 e. The van der Waals surface area contributed by atoms with E-state index in [0.29, 0.717) is 46.0 Å². The molecule has 1 aliphatic rings. The van der Waals surface area contributed by atoms with E-state index in [0.717, 1.165) is 0 Å². The first-order valence-electron chi connectivity index (χ1n) is 8.21. The highest BCUT2D eigenvalue weighted by Crippen LogP contribution is 2.51. The van der Waals surface area contributed by atoms with Gasteiger partial charge in [0.25, 0.3) is 0 Å². The number of hydrogen-bond donors (Lipinski definition) is 0. The molecule has 0 unspecified atom stereocenters. The Bertz CT molecular complexity index is 875. The van der Waals surface area contributed by atoms with Gasteiger partial charge in [-0.05, 0) is 29.8 Å². The van der Waals surface area contributed by atoms with Crippen LogP contribution in [0.25, 0.3) is 0 Å². The lowest BCUT2D eigenvalue weighted by molar-refractivity contribution is -0.144. The van der Waals surface area contributed by atoms with E-state index in [4.69, 9.17) is 23.7 Å². The van der Waals surface area contributed by atoms with E-state index in [1.807, 2.05) is 0 Å². The van der Waals surface area contributed by atoms with Crippen molar-refractivity contribution >= 4 is 12.3 Å². The molecule has 0 bridgehead atoms. The highest BCUT2D eigenvalue weighted by Gasteiger charge is 2.43. The number of hydrogen-bond acceptors (Lipinski definition) is 7. The molecular weight excluding hydrogens is 352 g/mol. The molecule has 2 atom stereocenters. The molecule has 0 aromatic heterocycles. The normalized spacial score (nSPS) is 17.5. The second-order valence-electron chi connectivity index (χ2n) is 5.91. The van der Waals surface area contributed by atoms with E-state index in [-0.39, 0.29) is 0 Å². The van der Waals surface area contributed by atoms with Crippen LogP contribution >= 0.6 is 0 Å². The maximum atomic E-state index is 12.6. The largest absolute Gasteiger partial charge is 0.493 e. The fourth-order valence-corrected chi connectivity index (χ4v) is 3.25. The van der Waals surface area contributed by atoms with Crippen molar-refractivity contribution in [3.8, 4) is 23.0 Å². The summed E-state index contributed by atoms with van der Waals surface area (Å²) in [6.07, 6.45) is 0.0315. The van der Waals surface area contributed by atoms with Gasteiger partial charge >= 0.3 is 5.97 Å². The van der Waals surface area contributed by atoms with Gasteiger partial charge in [0.15, 0.2) is 23.0 Å². The van der Waals surface area contributed by atoms with Gasteiger partial charge in [-0.2, -0.15) is 0 Å². The molecule has 0 N–H and O–H groups in total. The van der Waals surface area contributed by atoms with Gasteiger partial charge in [0.1, 0.15) is 18.3 Å². The van der Waals surface area contributed by atoms with Gasteiger partial charge in [-0.3, -0.25) is 9.59 Å². The minimum absolute atomic E-state index is 0.381. The molecule has 2 aromatic rings. The summed E-state index contributed by atoms with van der Waals surface area (Å²) in [6, 6.07) is 8.46. The molecule has 3 rings (SSSR count). The van der Waals surface area contributed by atoms with Crippen molar-refractivity contribution in [3.63, 3.8) is 0 Å². The van der Waals surface area contributed by atoms with Crippen LogP contribution in [-0.4, -0.2) is 40.7 Å². The fraction of sp³-hybridized carbons (Fsp3) is 0.300. The third-order valence-corrected chi connectivity index (χ3v) is 4.54. The molecule has 142 valence electrons. The Morgan fingerprint density at radius 2 is 1.67 bits per heavy atom. The summed E-state index contributed by atoms with van der Waals surface area (Å²) in [7, 11) is 5.86. The van der Waals surface area contributed by atoms with Crippen LogP contribution in [0.15, 0.2) is 30.3 Å². The maximum absolute atomic E-state index is 12.6. The third-order valence-electron chi connectivity index (χ3n) is 4.54. The second kappa shape index (κ2) is 7.57. The van der Waals surface area contributed by atoms with E-state index < -0.39 is 18.0 Å². The molecular formula is C20H20O7. The fourth-order valence-electron chi connectivity index (χ4n) is 3.25. The lowest BCUT2D eigenvalue weighted by Crippen LogP contribution is -2.20. The minimum atomic E-state index is -0.753. The topological polar surface area (TPSA) is 80.3 Å². The van der Waals surface area contributed by atoms with Crippen LogP contribution in [0.1, 0.15) is 33.5 Å². The predicted octanol–water partition coefficient (Wildman–Crippen LogP) is 2.92. The Morgan fingerprint density at radius 3 is 2.26 bits per heavy atom. The number of carbonyl (C=O) groups excluding carboxylic acids is 2. The predicted molar refractivity (Wildman–Crippen MR) is 96.1 cm³/mol. The third kappa shape index (κ3) is 3.16. The molecule has 0 aliphatic carbocycles. The van der Waals surface area contributed by atoms with E-state index in [1.165, 1.54) is 21.3 Å². The molecule has 2 aromatic carbocycles. The van der Waals surface area contributed by atoms with Crippen LogP contribution in [0.2, 0.25) is 0 Å². The first kappa shape index (κ1) is 18.6. The number of carbonyl (C=O) groups is 2. The number of aldehydes is 1. The van der Waals surface area contributed by atoms with E-state index in [1.54, 1.807) is 37.4 Å². The van der Waals surface area contributed by atoms with E-state index in [9.17, 15) is 9.59 Å². The van der Waals surface area contributed by atoms with Crippen LogP contribution in [0.4, 0.5) is 0 Å². The summed E-state index contributed by atoms with van der Waals surface area (Å²) in [5.74, 6) is 0.645. The summed E-state index contributed by atoms with van der Waals surface area (Å²) >= 11 is 0. The standard InChI is InChI=1S/C20H20O7/c1-23-14-6-5-12(9-15(14)24-2)18-17(20(22)26-4)13-7-11(10-21)8-16(25-3)19(13)27-18/h5-10,17-18H,1-4H3/t17-,18+/m1/s1. The van der Waals surface area contributed by atoms with Crippen molar-refractivity contribution < 1.29 is 33.3 Å². The molecule has 7 heteroatoms. The molecule has 1 aliphatic heterocycles. The molecule has 0 fully saturated rings. The van der Waals surface area contributed by atoms with Crippen LogP contribution < -0.4 is 18.9 Å². The summed E-state index contributed by atoms with van der Waals surface area (Å²) in [4.78, 5) is 23.8. The number of methoxy groups -OCH3 is 4.